The van der Waals surface area contributed by atoms with Gasteiger partial charge in [0.25, 0.3) is 0 Å². The Morgan fingerprint density at radius 3 is 2.65 bits per heavy atom. The molecule has 1 aromatic heterocycles. The van der Waals surface area contributed by atoms with E-state index in [9.17, 15) is 0 Å². The minimum atomic E-state index is -0.0888. The number of nitriles is 1. The van der Waals surface area contributed by atoms with Gasteiger partial charge in [0.15, 0.2) is 17.2 Å². The van der Waals surface area contributed by atoms with Crippen molar-refractivity contribution in [2.75, 3.05) is 20.8 Å². The number of aliphatic hydroxyl groups excluding tert-OH is 1. The number of aromatic nitrogens is 3. The first-order valence-corrected chi connectivity index (χ1v) is 5.92. The van der Waals surface area contributed by atoms with Gasteiger partial charge in [0.1, 0.15) is 11.8 Å². The topological polar surface area (TPSA) is 93.2 Å². The molecule has 2 aromatic rings. The lowest BCUT2D eigenvalue weighted by Gasteiger charge is -2.10. The molecule has 0 atom stereocenters. The van der Waals surface area contributed by atoms with Crippen LogP contribution in [-0.4, -0.2) is 40.9 Å². The highest BCUT2D eigenvalue weighted by Crippen LogP contribution is 2.32. The Balaban J connectivity index is 2.56. The van der Waals surface area contributed by atoms with Crippen LogP contribution >= 0.6 is 0 Å². The highest BCUT2D eigenvalue weighted by molar-refractivity contribution is 5.68. The second kappa shape index (κ2) is 6.04. The summed E-state index contributed by atoms with van der Waals surface area (Å²) < 4.78 is 11.9. The van der Waals surface area contributed by atoms with Crippen molar-refractivity contribution in [1.29, 1.82) is 5.26 Å². The standard InChI is InChI=1S/C13H14N4O3/c1-19-11-4-3-9(7-12(11)20-2)13-10(8-14)15-16-17(13)5-6-18/h3-4,7,18H,5-6H2,1-2H3. The molecule has 0 amide bonds. The van der Waals surface area contributed by atoms with E-state index in [1.165, 1.54) is 11.8 Å². The van der Waals surface area contributed by atoms with Crippen LogP contribution in [0, 0.1) is 11.3 Å². The number of benzene rings is 1. The maximum absolute atomic E-state index is 9.10. The largest absolute Gasteiger partial charge is 0.493 e. The van der Waals surface area contributed by atoms with Crippen molar-refractivity contribution >= 4 is 0 Å². The molecular weight excluding hydrogens is 260 g/mol. The van der Waals surface area contributed by atoms with Crippen molar-refractivity contribution < 1.29 is 14.6 Å². The Morgan fingerprint density at radius 1 is 1.30 bits per heavy atom. The molecule has 1 aromatic carbocycles. The SMILES string of the molecule is COc1ccc(-c2c(C#N)nnn2CCO)cc1OC. The lowest BCUT2D eigenvalue weighted by molar-refractivity contribution is 0.269. The number of hydrogen-bond acceptors (Lipinski definition) is 6. The summed E-state index contributed by atoms with van der Waals surface area (Å²) in [5, 5.41) is 25.8. The highest BCUT2D eigenvalue weighted by Gasteiger charge is 2.16. The normalized spacial score (nSPS) is 10.1. The van der Waals surface area contributed by atoms with Gasteiger partial charge < -0.3 is 14.6 Å². The van der Waals surface area contributed by atoms with E-state index in [2.05, 4.69) is 10.3 Å². The van der Waals surface area contributed by atoms with E-state index >= 15 is 0 Å². The van der Waals surface area contributed by atoms with Crippen LogP contribution in [0.25, 0.3) is 11.3 Å². The lowest BCUT2D eigenvalue weighted by atomic mass is 10.1. The average Bonchev–Trinajstić information content (AvgIpc) is 2.89. The van der Waals surface area contributed by atoms with Gasteiger partial charge in [-0.05, 0) is 18.2 Å². The zero-order valence-corrected chi connectivity index (χ0v) is 11.2. The molecule has 1 heterocycles. The summed E-state index contributed by atoms with van der Waals surface area (Å²) >= 11 is 0. The van der Waals surface area contributed by atoms with Gasteiger partial charge in [-0.25, -0.2) is 4.68 Å². The molecule has 0 aliphatic heterocycles. The van der Waals surface area contributed by atoms with Crippen molar-refractivity contribution in [3.8, 4) is 28.8 Å². The molecule has 0 saturated heterocycles. The zero-order chi connectivity index (χ0) is 14.5. The fourth-order valence-corrected chi connectivity index (χ4v) is 1.91. The molecule has 104 valence electrons. The smallest absolute Gasteiger partial charge is 0.190 e. The van der Waals surface area contributed by atoms with Crippen molar-refractivity contribution in [3.63, 3.8) is 0 Å². The van der Waals surface area contributed by atoms with E-state index in [4.69, 9.17) is 19.8 Å². The monoisotopic (exact) mass is 274 g/mol. The highest BCUT2D eigenvalue weighted by atomic mass is 16.5. The summed E-state index contributed by atoms with van der Waals surface area (Å²) in [5.41, 5.74) is 1.46. The van der Waals surface area contributed by atoms with Crippen LogP contribution in [0.5, 0.6) is 11.5 Å². The Kier molecular flexibility index (Phi) is 4.17. The number of rotatable bonds is 5. The minimum Gasteiger partial charge on any atom is -0.493 e. The molecule has 0 saturated carbocycles. The summed E-state index contributed by atoms with van der Waals surface area (Å²) in [6, 6.07) is 7.26. The molecule has 7 nitrogen and oxygen atoms in total. The first-order valence-electron chi connectivity index (χ1n) is 5.92. The maximum Gasteiger partial charge on any atom is 0.190 e. The van der Waals surface area contributed by atoms with Gasteiger partial charge in [-0.3, -0.25) is 0 Å². The van der Waals surface area contributed by atoms with Crippen LogP contribution < -0.4 is 9.47 Å². The van der Waals surface area contributed by atoms with E-state index in [0.717, 1.165) is 5.56 Å². The molecular formula is C13H14N4O3. The Morgan fingerprint density at radius 2 is 2.05 bits per heavy atom. The molecule has 2 rings (SSSR count). The fraction of sp³-hybridized carbons (Fsp3) is 0.308. The van der Waals surface area contributed by atoms with Crippen LogP contribution in [0.15, 0.2) is 18.2 Å². The molecule has 0 unspecified atom stereocenters. The van der Waals surface area contributed by atoms with Gasteiger partial charge in [-0.2, -0.15) is 5.26 Å². The van der Waals surface area contributed by atoms with Gasteiger partial charge in [0.2, 0.25) is 0 Å². The summed E-state index contributed by atoms with van der Waals surface area (Å²) in [6.07, 6.45) is 0. The predicted octanol–water partition coefficient (Wildman–Crippen LogP) is 0.826. The lowest BCUT2D eigenvalue weighted by Crippen LogP contribution is -2.06. The molecule has 0 fully saturated rings. The van der Waals surface area contributed by atoms with Crippen LogP contribution in [0.3, 0.4) is 0 Å². The Bertz CT molecular complexity index is 646. The number of methoxy groups -OCH3 is 2. The molecule has 0 aliphatic carbocycles. The summed E-state index contributed by atoms with van der Waals surface area (Å²) in [4.78, 5) is 0. The van der Waals surface area contributed by atoms with E-state index in [-0.39, 0.29) is 18.8 Å². The van der Waals surface area contributed by atoms with Gasteiger partial charge in [-0.1, -0.05) is 5.21 Å². The van der Waals surface area contributed by atoms with Crippen LogP contribution in [0.2, 0.25) is 0 Å². The number of hydrogen-bond donors (Lipinski definition) is 1. The van der Waals surface area contributed by atoms with E-state index in [1.807, 2.05) is 6.07 Å². The van der Waals surface area contributed by atoms with Gasteiger partial charge >= 0.3 is 0 Å². The number of aliphatic hydroxyl groups is 1. The van der Waals surface area contributed by atoms with Crippen LogP contribution in [-0.2, 0) is 6.54 Å². The first kappa shape index (κ1) is 13.8. The molecule has 0 bridgehead atoms. The summed E-state index contributed by atoms with van der Waals surface area (Å²) in [7, 11) is 3.09. The third kappa shape index (κ3) is 2.41. The molecule has 0 spiro atoms. The van der Waals surface area contributed by atoms with Crippen molar-refractivity contribution in [3.05, 3.63) is 23.9 Å². The quantitative estimate of drug-likeness (QED) is 0.867. The predicted molar refractivity (Wildman–Crippen MR) is 70.4 cm³/mol. The molecule has 20 heavy (non-hydrogen) atoms. The Hall–Kier alpha value is -2.59. The molecule has 0 aliphatic rings. The van der Waals surface area contributed by atoms with Gasteiger partial charge in [0.05, 0.1) is 27.4 Å². The Labute approximate surface area is 116 Å². The van der Waals surface area contributed by atoms with Gasteiger partial charge in [0, 0.05) is 5.56 Å². The molecule has 1 N–H and O–H groups in total. The number of nitrogens with zero attached hydrogens (tertiary/aromatic N) is 4. The summed E-state index contributed by atoms with van der Waals surface area (Å²) in [5.74, 6) is 1.14. The first-order chi connectivity index (χ1) is 9.74. The third-order valence-electron chi connectivity index (χ3n) is 2.81. The second-order valence-electron chi connectivity index (χ2n) is 3.91. The molecule has 7 heteroatoms. The van der Waals surface area contributed by atoms with E-state index < -0.39 is 0 Å². The van der Waals surface area contributed by atoms with Gasteiger partial charge in [-0.15, -0.1) is 5.10 Å². The zero-order valence-electron chi connectivity index (χ0n) is 11.2. The second-order valence-corrected chi connectivity index (χ2v) is 3.91. The maximum atomic E-state index is 9.10. The van der Waals surface area contributed by atoms with Crippen molar-refractivity contribution in [1.82, 2.24) is 15.0 Å². The van der Waals surface area contributed by atoms with E-state index in [0.29, 0.717) is 17.2 Å². The minimum absolute atomic E-state index is 0.0888. The fourth-order valence-electron chi connectivity index (χ4n) is 1.91. The van der Waals surface area contributed by atoms with E-state index in [1.54, 1.807) is 25.3 Å². The van der Waals surface area contributed by atoms with Crippen LogP contribution in [0.4, 0.5) is 0 Å². The number of ether oxygens (including phenoxy) is 2. The molecule has 0 radical (unpaired) electrons. The van der Waals surface area contributed by atoms with Crippen molar-refractivity contribution in [2.45, 2.75) is 6.54 Å². The van der Waals surface area contributed by atoms with Crippen LogP contribution in [0.1, 0.15) is 5.69 Å². The van der Waals surface area contributed by atoms with Crippen molar-refractivity contribution in [2.24, 2.45) is 0 Å². The average molecular weight is 274 g/mol. The summed E-state index contributed by atoms with van der Waals surface area (Å²) in [6.45, 7) is 0.173. The third-order valence-corrected chi connectivity index (χ3v) is 2.81.